The number of aliphatic hydroxyl groups excluding tert-OH is 1. The minimum Gasteiger partial charge on any atom is -0.393 e. The Morgan fingerprint density at radius 2 is 1.76 bits per heavy atom. The van der Waals surface area contributed by atoms with Crippen molar-refractivity contribution in [3.8, 4) is 0 Å². The number of benzene rings is 1. The highest BCUT2D eigenvalue weighted by atomic mass is 32.2. The van der Waals surface area contributed by atoms with Crippen molar-refractivity contribution in [3.05, 3.63) is 29.8 Å². The molecule has 118 valence electrons. The SMILES string of the molecule is CC(O)CCNC(=O)c1ccc(S(=O)(=O)NC(C)C)cc1. The molecule has 0 spiro atoms. The molecule has 7 heteroatoms. The van der Waals surface area contributed by atoms with Gasteiger partial charge in [0.15, 0.2) is 0 Å². The Morgan fingerprint density at radius 3 is 2.24 bits per heavy atom. The Labute approximate surface area is 125 Å². The first-order valence-electron chi connectivity index (χ1n) is 6.81. The molecular formula is C14H22N2O4S. The van der Waals surface area contributed by atoms with Gasteiger partial charge in [-0.25, -0.2) is 13.1 Å². The molecule has 0 heterocycles. The topological polar surface area (TPSA) is 95.5 Å². The van der Waals surface area contributed by atoms with Crippen LogP contribution in [-0.4, -0.2) is 38.1 Å². The molecule has 1 aromatic carbocycles. The molecular weight excluding hydrogens is 292 g/mol. The third-order valence-corrected chi connectivity index (χ3v) is 4.34. The Bertz CT molecular complexity index is 565. The second kappa shape index (κ2) is 7.53. The summed E-state index contributed by atoms with van der Waals surface area (Å²) >= 11 is 0. The molecule has 0 aromatic heterocycles. The van der Waals surface area contributed by atoms with Gasteiger partial charge in [0, 0.05) is 18.2 Å². The van der Waals surface area contributed by atoms with Crippen molar-refractivity contribution < 1.29 is 18.3 Å². The van der Waals surface area contributed by atoms with Gasteiger partial charge >= 0.3 is 0 Å². The molecule has 1 amide bonds. The highest BCUT2D eigenvalue weighted by Gasteiger charge is 2.15. The predicted molar refractivity (Wildman–Crippen MR) is 80.5 cm³/mol. The molecule has 0 aliphatic rings. The standard InChI is InChI=1S/C14H22N2O4S/c1-10(2)16-21(19,20)13-6-4-12(5-7-13)14(18)15-9-8-11(3)17/h4-7,10-11,16-17H,8-9H2,1-3H3,(H,15,18). The van der Waals surface area contributed by atoms with E-state index in [-0.39, 0.29) is 16.8 Å². The maximum atomic E-state index is 11.9. The van der Waals surface area contributed by atoms with Gasteiger partial charge in [-0.3, -0.25) is 4.79 Å². The van der Waals surface area contributed by atoms with E-state index in [1.807, 2.05) is 0 Å². The van der Waals surface area contributed by atoms with E-state index < -0.39 is 16.1 Å². The first-order valence-corrected chi connectivity index (χ1v) is 8.29. The van der Waals surface area contributed by atoms with Crippen LogP contribution >= 0.6 is 0 Å². The van der Waals surface area contributed by atoms with Crippen LogP contribution in [0.15, 0.2) is 29.2 Å². The van der Waals surface area contributed by atoms with Crippen molar-refractivity contribution in [2.24, 2.45) is 0 Å². The van der Waals surface area contributed by atoms with Crippen molar-refractivity contribution in [1.82, 2.24) is 10.0 Å². The number of rotatable bonds is 7. The first kappa shape index (κ1) is 17.6. The molecule has 0 aliphatic carbocycles. The van der Waals surface area contributed by atoms with E-state index >= 15 is 0 Å². The number of hydrogen-bond donors (Lipinski definition) is 3. The molecule has 6 nitrogen and oxygen atoms in total. The largest absolute Gasteiger partial charge is 0.393 e. The maximum absolute atomic E-state index is 11.9. The lowest BCUT2D eigenvalue weighted by Gasteiger charge is -2.10. The molecule has 1 atom stereocenters. The van der Waals surface area contributed by atoms with Gasteiger partial charge < -0.3 is 10.4 Å². The van der Waals surface area contributed by atoms with Crippen LogP contribution in [-0.2, 0) is 10.0 Å². The van der Waals surface area contributed by atoms with Gasteiger partial charge in [0.1, 0.15) is 0 Å². The number of carbonyl (C=O) groups excluding carboxylic acids is 1. The normalized spacial score (nSPS) is 13.2. The van der Waals surface area contributed by atoms with Gasteiger partial charge in [-0.1, -0.05) is 0 Å². The Kier molecular flexibility index (Phi) is 6.32. The number of amides is 1. The Balaban J connectivity index is 2.72. The number of sulfonamides is 1. The van der Waals surface area contributed by atoms with Crippen molar-refractivity contribution >= 4 is 15.9 Å². The Morgan fingerprint density at radius 1 is 1.19 bits per heavy atom. The van der Waals surface area contributed by atoms with Crippen molar-refractivity contribution in [2.45, 2.75) is 44.2 Å². The van der Waals surface area contributed by atoms with Crippen LogP contribution in [0.2, 0.25) is 0 Å². The molecule has 3 N–H and O–H groups in total. The molecule has 0 fully saturated rings. The van der Waals surface area contributed by atoms with Gasteiger partial charge in [0.05, 0.1) is 11.0 Å². The summed E-state index contributed by atoms with van der Waals surface area (Å²) in [5.74, 6) is -0.295. The zero-order chi connectivity index (χ0) is 16.0. The first-order chi connectivity index (χ1) is 9.72. The van der Waals surface area contributed by atoms with Crippen molar-refractivity contribution in [3.63, 3.8) is 0 Å². The van der Waals surface area contributed by atoms with E-state index in [9.17, 15) is 13.2 Å². The summed E-state index contributed by atoms with van der Waals surface area (Å²) < 4.78 is 26.3. The quantitative estimate of drug-likeness (QED) is 0.696. The van der Waals surface area contributed by atoms with E-state index in [4.69, 9.17) is 5.11 Å². The Hall–Kier alpha value is -1.44. The lowest BCUT2D eigenvalue weighted by Crippen LogP contribution is -2.30. The summed E-state index contributed by atoms with van der Waals surface area (Å²) in [6, 6.07) is 5.53. The second-order valence-electron chi connectivity index (χ2n) is 5.19. The van der Waals surface area contributed by atoms with Gasteiger partial charge in [0.2, 0.25) is 10.0 Å². The third kappa shape index (κ3) is 5.82. The molecule has 1 unspecified atom stereocenters. The van der Waals surface area contributed by atoms with Gasteiger partial charge in [-0.15, -0.1) is 0 Å². The summed E-state index contributed by atoms with van der Waals surface area (Å²) in [6.07, 6.45) is -0.00353. The summed E-state index contributed by atoms with van der Waals surface area (Å²) in [5.41, 5.74) is 0.379. The van der Waals surface area contributed by atoms with Gasteiger partial charge in [0.25, 0.3) is 5.91 Å². The lowest BCUT2D eigenvalue weighted by atomic mass is 10.2. The summed E-state index contributed by atoms with van der Waals surface area (Å²) in [6.45, 7) is 5.49. The molecule has 0 saturated heterocycles. The molecule has 0 radical (unpaired) electrons. The van der Waals surface area contributed by atoms with Crippen LogP contribution in [0.25, 0.3) is 0 Å². The minimum atomic E-state index is -3.54. The number of hydrogen-bond acceptors (Lipinski definition) is 4. The van der Waals surface area contributed by atoms with Crippen LogP contribution in [0.3, 0.4) is 0 Å². The molecule has 1 rings (SSSR count). The smallest absolute Gasteiger partial charge is 0.251 e. The van der Waals surface area contributed by atoms with E-state index in [1.54, 1.807) is 20.8 Å². The predicted octanol–water partition coefficient (Wildman–Crippen LogP) is 0.874. The average Bonchev–Trinajstić information content (AvgIpc) is 2.37. The van der Waals surface area contributed by atoms with Gasteiger partial charge in [-0.2, -0.15) is 0 Å². The minimum absolute atomic E-state index is 0.122. The second-order valence-corrected chi connectivity index (χ2v) is 6.91. The summed E-state index contributed by atoms with van der Waals surface area (Å²) in [5, 5.41) is 11.8. The maximum Gasteiger partial charge on any atom is 0.251 e. The van der Waals surface area contributed by atoms with Gasteiger partial charge in [-0.05, 0) is 51.5 Å². The molecule has 1 aromatic rings. The fourth-order valence-corrected chi connectivity index (χ4v) is 2.91. The highest BCUT2D eigenvalue weighted by molar-refractivity contribution is 7.89. The number of carbonyl (C=O) groups is 1. The molecule has 0 saturated carbocycles. The fraction of sp³-hybridized carbons (Fsp3) is 0.500. The fourth-order valence-electron chi connectivity index (χ4n) is 1.66. The molecule has 0 bridgehead atoms. The summed E-state index contributed by atoms with van der Waals surface area (Å²) in [7, 11) is -3.54. The van der Waals surface area contributed by atoms with Crippen LogP contribution < -0.4 is 10.0 Å². The van der Waals surface area contributed by atoms with E-state index in [2.05, 4.69) is 10.0 Å². The summed E-state index contributed by atoms with van der Waals surface area (Å²) in [4.78, 5) is 11.9. The zero-order valence-electron chi connectivity index (χ0n) is 12.5. The number of aliphatic hydroxyl groups is 1. The van der Waals surface area contributed by atoms with Crippen LogP contribution in [0.1, 0.15) is 37.6 Å². The van der Waals surface area contributed by atoms with Crippen molar-refractivity contribution in [2.75, 3.05) is 6.54 Å². The lowest BCUT2D eigenvalue weighted by molar-refractivity contribution is 0.0945. The monoisotopic (exact) mass is 314 g/mol. The number of nitrogens with one attached hydrogen (secondary N) is 2. The van der Waals surface area contributed by atoms with Crippen molar-refractivity contribution in [1.29, 1.82) is 0 Å². The van der Waals surface area contributed by atoms with Crippen LogP contribution in [0.5, 0.6) is 0 Å². The molecule has 21 heavy (non-hydrogen) atoms. The third-order valence-electron chi connectivity index (χ3n) is 2.67. The van der Waals surface area contributed by atoms with Crippen LogP contribution in [0.4, 0.5) is 0 Å². The molecule has 0 aliphatic heterocycles. The van der Waals surface area contributed by atoms with E-state index in [0.717, 1.165) is 0 Å². The highest BCUT2D eigenvalue weighted by Crippen LogP contribution is 2.11. The van der Waals surface area contributed by atoms with E-state index in [0.29, 0.717) is 18.5 Å². The van der Waals surface area contributed by atoms with Crippen LogP contribution in [0, 0.1) is 0 Å². The zero-order valence-corrected chi connectivity index (χ0v) is 13.3. The van der Waals surface area contributed by atoms with E-state index in [1.165, 1.54) is 24.3 Å². The average molecular weight is 314 g/mol.